The normalized spacial score (nSPS) is 19.9. The highest BCUT2D eigenvalue weighted by atomic mass is 16.5. The number of ether oxygens (including phenoxy) is 2. The molecule has 0 aromatic carbocycles. The molecular formula is C14H25N3O3. The van der Waals surface area contributed by atoms with E-state index in [2.05, 4.69) is 17.1 Å². The fourth-order valence-electron chi connectivity index (χ4n) is 2.53. The van der Waals surface area contributed by atoms with Crippen molar-refractivity contribution in [2.45, 2.75) is 57.6 Å². The predicted molar refractivity (Wildman–Crippen MR) is 74.1 cm³/mol. The summed E-state index contributed by atoms with van der Waals surface area (Å²) in [5, 5.41) is 4.11. The fraction of sp³-hybridized carbons (Fsp3) is 0.857. The SMILES string of the molecule is CCCCC(N)c1nc(C2(OCC)CCOCC2)no1. The molecule has 0 bridgehead atoms. The second-order valence-corrected chi connectivity index (χ2v) is 5.24. The van der Waals surface area contributed by atoms with Gasteiger partial charge in [-0.3, -0.25) is 0 Å². The standard InChI is InChI=1S/C14H25N3O3/c1-3-5-6-11(15)12-16-13(17-20-12)14(19-4-2)7-9-18-10-8-14/h11H,3-10,15H2,1-2H3. The van der Waals surface area contributed by atoms with Crippen LogP contribution in [0.1, 0.15) is 63.7 Å². The summed E-state index contributed by atoms with van der Waals surface area (Å²) in [5.41, 5.74) is 5.61. The molecule has 1 aliphatic heterocycles. The Hall–Kier alpha value is -0.980. The summed E-state index contributed by atoms with van der Waals surface area (Å²) in [5.74, 6) is 1.13. The van der Waals surface area contributed by atoms with Gasteiger partial charge < -0.3 is 19.7 Å². The van der Waals surface area contributed by atoms with Crippen molar-refractivity contribution in [3.05, 3.63) is 11.7 Å². The zero-order valence-corrected chi connectivity index (χ0v) is 12.4. The van der Waals surface area contributed by atoms with Crippen LogP contribution in [0.2, 0.25) is 0 Å². The van der Waals surface area contributed by atoms with Crippen LogP contribution in [0.4, 0.5) is 0 Å². The van der Waals surface area contributed by atoms with Crippen molar-refractivity contribution in [2.75, 3.05) is 19.8 Å². The lowest BCUT2D eigenvalue weighted by molar-refractivity contribution is -0.118. The van der Waals surface area contributed by atoms with E-state index in [1.807, 2.05) is 6.92 Å². The molecule has 0 aliphatic carbocycles. The molecule has 1 saturated heterocycles. The Kier molecular flexibility index (Phi) is 5.51. The molecule has 2 rings (SSSR count). The van der Waals surface area contributed by atoms with E-state index in [1.54, 1.807) is 0 Å². The van der Waals surface area contributed by atoms with Crippen molar-refractivity contribution >= 4 is 0 Å². The third-order valence-corrected chi connectivity index (χ3v) is 3.76. The summed E-state index contributed by atoms with van der Waals surface area (Å²) < 4.78 is 16.7. The molecule has 1 fully saturated rings. The lowest BCUT2D eigenvalue weighted by Crippen LogP contribution is -2.37. The third-order valence-electron chi connectivity index (χ3n) is 3.76. The number of nitrogens with zero attached hydrogens (tertiary/aromatic N) is 2. The minimum atomic E-state index is -0.473. The number of hydrogen-bond acceptors (Lipinski definition) is 6. The number of aromatic nitrogens is 2. The van der Waals surface area contributed by atoms with Gasteiger partial charge >= 0.3 is 0 Å². The van der Waals surface area contributed by atoms with E-state index in [0.29, 0.717) is 31.5 Å². The summed E-state index contributed by atoms with van der Waals surface area (Å²) in [7, 11) is 0. The van der Waals surface area contributed by atoms with E-state index >= 15 is 0 Å². The molecule has 0 saturated carbocycles. The predicted octanol–water partition coefficient (Wildman–Crippen LogP) is 2.30. The Morgan fingerprint density at radius 2 is 2.10 bits per heavy atom. The quantitative estimate of drug-likeness (QED) is 0.826. The third kappa shape index (κ3) is 3.37. The maximum atomic E-state index is 6.08. The molecule has 1 aliphatic rings. The first-order valence-electron chi connectivity index (χ1n) is 7.53. The first kappa shape index (κ1) is 15.4. The average molecular weight is 283 g/mol. The molecule has 0 radical (unpaired) electrons. The van der Waals surface area contributed by atoms with E-state index < -0.39 is 5.60 Å². The Balaban J connectivity index is 2.12. The molecule has 6 heteroatoms. The number of rotatable bonds is 7. The highest BCUT2D eigenvalue weighted by Gasteiger charge is 2.40. The van der Waals surface area contributed by atoms with Gasteiger partial charge in [0.25, 0.3) is 0 Å². The van der Waals surface area contributed by atoms with Crippen molar-refractivity contribution in [2.24, 2.45) is 5.73 Å². The minimum absolute atomic E-state index is 0.185. The van der Waals surface area contributed by atoms with Gasteiger partial charge in [-0.15, -0.1) is 0 Å². The van der Waals surface area contributed by atoms with Crippen LogP contribution in [0.3, 0.4) is 0 Å². The number of nitrogens with two attached hydrogens (primary N) is 1. The maximum Gasteiger partial charge on any atom is 0.243 e. The molecule has 114 valence electrons. The van der Waals surface area contributed by atoms with Gasteiger partial charge in [0.1, 0.15) is 5.60 Å². The van der Waals surface area contributed by atoms with Crippen LogP contribution < -0.4 is 5.73 Å². The molecule has 6 nitrogen and oxygen atoms in total. The van der Waals surface area contributed by atoms with Crippen LogP contribution in [0, 0.1) is 0 Å². The second-order valence-electron chi connectivity index (χ2n) is 5.24. The smallest absolute Gasteiger partial charge is 0.243 e. The molecule has 1 aromatic rings. The second kappa shape index (κ2) is 7.15. The highest BCUT2D eigenvalue weighted by Crippen LogP contribution is 2.34. The molecular weight excluding hydrogens is 258 g/mol. The highest BCUT2D eigenvalue weighted by molar-refractivity contribution is 5.04. The van der Waals surface area contributed by atoms with Gasteiger partial charge in [0.15, 0.2) is 0 Å². The Labute approximate surface area is 120 Å². The monoisotopic (exact) mass is 283 g/mol. The van der Waals surface area contributed by atoms with Crippen LogP contribution >= 0.6 is 0 Å². The fourth-order valence-corrected chi connectivity index (χ4v) is 2.53. The minimum Gasteiger partial charge on any atom is -0.381 e. The van der Waals surface area contributed by atoms with Gasteiger partial charge in [0.2, 0.25) is 11.7 Å². The van der Waals surface area contributed by atoms with E-state index in [-0.39, 0.29) is 6.04 Å². The summed E-state index contributed by atoms with van der Waals surface area (Å²) in [6, 6.07) is -0.185. The van der Waals surface area contributed by atoms with Gasteiger partial charge in [-0.2, -0.15) is 4.98 Å². The summed E-state index contributed by atoms with van der Waals surface area (Å²) in [6.07, 6.45) is 4.54. The van der Waals surface area contributed by atoms with Crippen molar-refractivity contribution in [3.8, 4) is 0 Å². The van der Waals surface area contributed by atoms with Gasteiger partial charge in [-0.25, -0.2) is 0 Å². The van der Waals surface area contributed by atoms with E-state index in [4.69, 9.17) is 19.7 Å². The van der Waals surface area contributed by atoms with E-state index in [0.717, 1.165) is 32.1 Å². The Bertz CT molecular complexity index is 397. The Morgan fingerprint density at radius 3 is 2.75 bits per heavy atom. The van der Waals surface area contributed by atoms with Gasteiger partial charge in [-0.1, -0.05) is 24.9 Å². The molecule has 1 atom stereocenters. The topological polar surface area (TPSA) is 83.4 Å². The van der Waals surface area contributed by atoms with Crippen LogP contribution in [-0.2, 0) is 15.1 Å². The molecule has 0 amide bonds. The molecule has 1 aromatic heterocycles. The lowest BCUT2D eigenvalue weighted by atomic mass is 9.93. The molecule has 2 heterocycles. The average Bonchev–Trinajstić information content (AvgIpc) is 2.96. The van der Waals surface area contributed by atoms with Crippen LogP contribution in [-0.4, -0.2) is 30.0 Å². The summed E-state index contributed by atoms with van der Waals surface area (Å²) >= 11 is 0. The molecule has 20 heavy (non-hydrogen) atoms. The zero-order valence-electron chi connectivity index (χ0n) is 12.4. The number of unbranched alkanes of at least 4 members (excludes halogenated alkanes) is 1. The molecule has 1 unspecified atom stereocenters. The maximum absolute atomic E-state index is 6.08. The van der Waals surface area contributed by atoms with Crippen LogP contribution in [0.25, 0.3) is 0 Å². The largest absolute Gasteiger partial charge is 0.381 e. The van der Waals surface area contributed by atoms with Crippen molar-refractivity contribution in [1.82, 2.24) is 10.1 Å². The van der Waals surface area contributed by atoms with Crippen molar-refractivity contribution in [3.63, 3.8) is 0 Å². The number of hydrogen-bond donors (Lipinski definition) is 1. The van der Waals surface area contributed by atoms with E-state index in [1.165, 1.54) is 0 Å². The van der Waals surface area contributed by atoms with Crippen molar-refractivity contribution < 1.29 is 14.0 Å². The summed E-state index contributed by atoms with van der Waals surface area (Å²) in [4.78, 5) is 4.49. The molecule has 0 spiro atoms. The van der Waals surface area contributed by atoms with Crippen molar-refractivity contribution in [1.29, 1.82) is 0 Å². The first-order valence-corrected chi connectivity index (χ1v) is 7.53. The van der Waals surface area contributed by atoms with E-state index in [9.17, 15) is 0 Å². The zero-order chi connectivity index (χ0) is 14.4. The van der Waals surface area contributed by atoms with Gasteiger partial charge in [0.05, 0.1) is 6.04 Å². The van der Waals surface area contributed by atoms with Gasteiger partial charge in [0, 0.05) is 32.7 Å². The molecule has 2 N–H and O–H groups in total. The summed E-state index contributed by atoms with van der Waals surface area (Å²) in [6.45, 7) is 6.05. The van der Waals surface area contributed by atoms with Crippen LogP contribution in [0.5, 0.6) is 0 Å². The van der Waals surface area contributed by atoms with Gasteiger partial charge in [-0.05, 0) is 13.3 Å². The van der Waals surface area contributed by atoms with Crippen LogP contribution in [0.15, 0.2) is 4.52 Å². The first-order chi connectivity index (χ1) is 9.72. The lowest BCUT2D eigenvalue weighted by Gasteiger charge is -2.33. The Morgan fingerprint density at radius 1 is 1.35 bits per heavy atom.